The minimum Gasteiger partial charge on any atom is -0.307 e. The summed E-state index contributed by atoms with van der Waals surface area (Å²) in [5, 5.41) is 2.34. The zero-order chi connectivity index (χ0) is 20.9. The van der Waals surface area contributed by atoms with Crippen LogP contribution in [-0.4, -0.2) is 29.5 Å². The second-order valence-electron chi connectivity index (χ2n) is 6.53. The van der Waals surface area contributed by atoms with Gasteiger partial charge in [-0.05, 0) is 49.2 Å². The molecule has 2 rings (SSSR count). The van der Waals surface area contributed by atoms with Crippen LogP contribution in [0, 0.1) is 12.8 Å². The van der Waals surface area contributed by atoms with Gasteiger partial charge >= 0.3 is 6.03 Å². The molecule has 0 unspecified atom stereocenters. The fourth-order valence-corrected chi connectivity index (χ4v) is 4.02. The van der Waals surface area contributed by atoms with E-state index in [1.54, 1.807) is 12.1 Å². The molecule has 0 aliphatic rings. The molecule has 0 saturated heterocycles. The Morgan fingerprint density at radius 1 is 0.929 bits per heavy atom. The summed E-state index contributed by atoms with van der Waals surface area (Å²) >= 11 is 0. The fraction of sp³-hybridized carbons (Fsp3) is 0.278. The summed E-state index contributed by atoms with van der Waals surface area (Å²) in [4.78, 5) is 11.9. The standard InChI is InChI=1S/C18H22N2O6S2/c1-13(2)12-26-28(24,25)17-10-6-15(7-11-17)19-18(21)20-27(22,23)16-8-4-14(3)5-9-16/h4-11,13H,12H2,1-3H3,(H2,19,20,21). The first-order chi connectivity index (χ1) is 13.0. The summed E-state index contributed by atoms with van der Waals surface area (Å²) in [5.74, 6) is 0.0508. The van der Waals surface area contributed by atoms with Crippen LogP contribution in [0.1, 0.15) is 19.4 Å². The molecule has 0 aliphatic carbocycles. The first kappa shape index (κ1) is 21.9. The van der Waals surface area contributed by atoms with Crippen LogP contribution in [0.5, 0.6) is 0 Å². The summed E-state index contributed by atoms with van der Waals surface area (Å²) in [7, 11) is -7.91. The van der Waals surface area contributed by atoms with Crippen LogP contribution in [0.4, 0.5) is 10.5 Å². The molecular formula is C18H22N2O6S2. The highest BCUT2D eigenvalue weighted by atomic mass is 32.2. The highest BCUT2D eigenvalue weighted by Gasteiger charge is 2.19. The van der Waals surface area contributed by atoms with Crippen LogP contribution in [0.3, 0.4) is 0 Å². The number of carbonyl (C=O) groups excluding carboxylic acids is 1. The Balaban J connectivity index is 2.03. The molecule has 0 aromatic heterocycles. The maximum absolute atomic E-state index is 12.2. The van der Waals surface area contributed by atoms with Gasteiger partial charge in [0.15, 0.2) is 0 Å². The Morgan fingerprint density at radius 3 is 2.00 bits per heavy atom. The van der Waals surface area contributed by atoms with E-state index in [-0.39, 0.29) is 28.0 Å². The number of benzene rings is 2. The van der Waals surface area contributed by atoms with Crippen molar-refractivity contribution in [3.63, 3.8) is 0 Å². The Kier molecular flexibility index (Phi) is 6.81. The molecule has 0 aliphatic heterocycles. The molecule has 2 aromatic rings. The molecule has 0 radical (unpaired) electrons. The number of urea groups is 1. The number of rotatable bonds is 7. The van der Waals surface area contributed by atoms with E-state index in [9.17, 15) is 21.6 Å². The van der Waals surface area contributed by atoms with Crippen molar-refractivity contribution in [2.75, 3.05) is 11.9 Å². The Morgan fingerprint density at radius 2 is 1.46 bits per heavy atom. The molecule has 0 atom stereocenters. The molecule has 2 N–H and O–H groups in total. The van der Waals surface area contributed by atoms with Crippen LogP contribution >= 0.6 is 0 Å². The van der Waals surface area contributed by atoms with Gasteiger partial charge in [0.1, 0.15) is 0 Å². The molecule has 10 heteroatoms. The van der Waals surface area contributed by atoms with Crippen LogP contribution in [-0.2, 0) is 24.3 Å². The van der Waals surface area contributed by atoms with E-state index in [4.69, 9.17) is 4.18 Å². The van der Waals surface area contributed by atoms with Gasteiger partial charge in [-0.1, -0.05) is 31.5 Å². The number of carbonyl (C=O) groups is 1. The van der Waals surface area contributed by atoms with E-state index < -0.39 is 26.2 Å². The van der Waals surface area contributed by atoms with Crippen LogP contribution < -0.4 is 10.0 Å². The number of amides is 2. The van der Waals surface area contributed by atoms with Gasteiger partial charge in [-0.15, -0.1) is 0 Å². The summed E-state index contributed by atoms with van der Waals surface area (Å²) < 4.78 is 55.3. The third-order valence-electron chi connectivity index (χ3n) is 3.52. The first-order valence-electron chi connectivity index (χ1n) is 8.39. The molecule has 0 fully saturated rings. The molecule has 0 heterocycles. The Bertz CT molecular complexity index is 1030. The average Bonchev–Trinajstić information content (AvgIpc) is 2.60. The molecule has 2 aromatic carbocycles. The smallest absolute Gasteiger partial charge is 0.307 e. The van der Waals surface area contributed by atoms with E-state index in [0.29, 0.717) is 0 Å². The van der Waals surface area contributed by atoms with E-state index in [1.807, 2.05) is 25.5 Å². The SMILES string of the molecule is Cc1ccc(S(=O)(=O)NC(=O)Nc2ccc(S(=O)(=O)OCC(C)C)cc2)cc1. The minimum atomic E-state index is -4.02. The number of aryl methyl sites for hydroxylation is 1. The summed E-state index contributed by atoms with van der Waals surface area (Å²) in [6, 6.07) is 10.3. The zero-order valence-corrected chi connectivity index (χ0v) is 17.3. The van der Waals surface area contributed by atoms with E-state index in [0.717, 1.165) is 5.56 Å². The second kappa shape index (κ2) is 8.72. The molecule has 8 nitrogen and oxygen atoms in total. The van der Waals surface area contributed by atoms with Gasteiger partial charge in [-0.3, -0.25) is 4.18 Å². The van der Waals surface area contributed by atoms with Crippen molar-refractivity contribution >= 4 is 31.9 Å². The van der Waals surface area contributed by atoms with Gasteiger partial charge in [0.25, 0.3) is 20.1 Å². The summed E-state index contributed by atoms with van der Waals surface area (Å²) in [6.45, 7) is 5.52. The van der Waals surface area contributed by atoms with Gasteiger partial charge < -0.3 is 5.32 Å². The molecule has 2 amide bonds. The average molecular weight is 427 g/mol. The van der Waals surface area contributed by atoms with E-state index in [2.05, 4.69) is 5.32 Å². The predicted octanol–water partition coefficient (Wildman–Crippen LogP) is 2.87. The van der Waals surface area contributed by atoms with E-state index >= 15 is 0 Å². The summed E-state index contributed by atoms with van der Waals surface area (Å²) in [5.41, 5.74) is 1.11. The largest absolute Gasteiger partial charge is 0.333 e. The third-order valence-corrected chi connectivity index (χ3v) is 6.16. The highest BCUT2D eigenvalue weighted by molar-refractivity contribution is 7.90. The number of sulfonamides is 1. The molecule has 0 bridgehead atoms. The van der Waals surface area contributed by atoms with Gasteiger partial charge in [-0.25, -0.2) is 17.9 Å². The van der Waals surface area contributed by atoms with Gasteiger partial charge in [0, 0.05) is 5.69 Å². The Labute approximate surface area is 165 Å². The van der Waals surface area contributed by atoms with Crippen molar-refractivity contribution in [2.24, 2.45) is 5.92 Å². The van der Waals surface area contributed by atoms with Crippen molar-refractivity contribution in [1.82, 2.24) is 4.72 Å². The van der Waals surface area contributed by atoms with Crippen molar-refractivity contribution in [3.05, 3.63) is 54.1 Å². The predicted molar refractivity (Wildman–Crippen MR) is 105 cm³/mol. The number of hydrogen-bond acceptors (Lipinski definition) is 6. The van der Waals surface area contributed by atoms with Crippen molar-refractivity contribution < 1.29 is 25.8 Å². The lowest BCUT2D eigenvalue weighted by molar-refractivity contribution is 0.256. The number of nitrogens with one attached hydrogen (secondary N) is 2. The lowest BCUT2D eigenvalue weighted by Gasteiger charge is -2.10. The van der Waals surface area contributed by atoms with Crippen LogP contribution in [0.15, 0.2) is 58.3 Å². The highest BCUT2D eigenvalue weighted by Crippen LogP contribution is 2.17. The van der Waals surface area contributed by atoms with Crippen LogP contribution in [0.2, 0.25) is 0 Å². The maximum atomic E-state index is 12.2. The van der Waals surface area contributed by atoms with Gasteiger partial charge in [0.2, 0.25) is 0 Å². The molecule has 0 saturated carbocycles. The lowest BCUT2D eigenvalue weighted by Crippen LogP contribution is -2.34. The van der Waals surface area contributed by atoms with Crippen LogP contribution in [0.25, 0.3) is 0 Å². The topological polar surface area (TPSA) is 119 Å². The fourth-order valence-electron chi connectivity index (χ4n) is 2.05. The van der Waals surface area contributed by atoms with Crippen molar-refractivity contribution in [2.45, 2.75) is 30.6 Å². The van der Waals surface area contributed by atoms with Crippen molar-refractivity contribution in [3.8, 4) is 0 Å². The second-order valence-corrected chi connectivity index (χ2v) is 9.83. The van der Waals surface area contributed by atoms with E-state index in [1.165, 1.54) is 36.4 Å². The molecule has 0 spiro atoms. The number of anilines is 1. The molecular weight excluding hydrogens is 404 g/mol. The van der Waals surface area contributed by atoms with Gasteiger partial charge in [-0.2, -0.15) is 8.42 Å². The maximum Gasteiger partial charge on any atom is 0.333 e. The van der Waals surface area contributed by atoms with Gasteiger partial charge in [0.05, 0.1) is 16.4 Å². The minimum absolute atomic E-state index is 0.0445. The number of hydrogen-bond donors (Lipinski definition) is 2. The normalized spacial score (nSPS) is 12.0. The quantitative estimate of drug-likeness (QED) is 0.657. The third kappa shape index (κ3) is 6.04. The summed E-state index contributed by atoms with van der Waals surface area (Å²) in [6.07, 6.45) is 0. The van der Waals surface area contributed by atoms with Crippen molar-refractivity contribution in [1.29, 1.82) is 0 Å². The lowest BCUT2D eigenvalue weighted by atomic mass is 10.2. The molecule has 28 heavy (non-hydrogen) atoms. The zero-order valence-electron chi connectivity index (χ0n) is 15.7. The monoisotopic (exact) mass is 426 g/mol. The Hall–Kier alpha value is -2.43. The first-order valence-corrected chi connectivity index (χ1v) is 11.3. The molecule has 152 valence electrons.